The number of hydrogen-bond donors (Lipinski definition) is 2. The molecule has 4 aromatic rings. The number of nitrogens with one attached hydrogen (secondary N) is 2. The van der Waals surface area contributed by atoms with Gasteiger partial charge in [0.15, 0.2) is 5.82 Å². The van der Waals surface area contributed by atoms with Crippen molar-refractivity contribution in [3.05, 3.63) is 65.6 Å². The highest BCUT2D eigenvalue weighted by molar-refractivity contribution is 6.04. The molecule has 0 bridgehead atoms. The predicted molar refractivity (Wildman–Crippen MR) is 132 cm³/mol. The Hall–Kier alpha value is -4.32. The fourth-order valence-electron chi connectivity index (χ4n) is 4.59. The van der Waals surface area contributed by atoms with Crippen LogP contribution in [0.5, 0.6) is 0 Å². The summed E-state index contributed by atoms with van der Waals surface area (Å²) < 4.78 is 21.9. The molecule has 0 aliphatic carbocycles. The van der Waals surface area contributed by atoms with E-state index in [1.54, 1.807) is 40.6 Å². The van der Waals surface area contributed by atoms with Gasteiger partial charge in [0.1, 0.15) is 17.2 Å². The molecule has 2 N–H and O–H groups in total. The molecule has 0 radical (unpaired) electrons. The molecule has 6 rings (SSSR count). The number of anilines is 1. The molecule has 0 atom stereocenters. The number of piperazine rings is 1. The van der Waals surface area contributed by atoms with E-state index in [1.165, 1.54) is 12.3 Å². The second-order valence-electron chi connectivity index (χ2n) is 9.24. The Balaban J connectivity index is 1.17. The number of carbonyl (C=O) groups excluding carboxylic acids is 2. The highest BCUT2D eigenvalue weighted by atomic mass is 19.1. The smallest absolute Gasteiger partial charge is 0.320 e. The molecular formula is C25H25FN8O3. The highest BCUT2D eigenvalue weighted by Gasteiger charge is 2.37. The van der Waals surface area contributed by atoms with Crippen LogP contribution in [0.15, 0.2) is 47.2 Å². The molecule has 2 aliphatic heterocycles. The van der Waals surface area contributed by atoms with Gasteiger partial charge in [-0.3, -0.25) is 9.20 Å². The molecule has 3 amide bonds. The van der Waals surface area contributed by atoms with E-state index in [9.17, 15) is 14.0 Å². The second-order valence-corrected chi connectivity index (χ2v) is 9.24. The third-order valence-corrected chi connectivity index (χ3v) is 6.84. The fourth-order valence-corrected chi connectivity index (χ4v) is 4.59. The van der Waals surface area contributed by atoms with Crippen LogP contribution in [0.3, 0.4) is 0 Å². The highest BCUT2D eigenvalue weighted by Crippen LogP contribution is 2.31. The Bertz CT molecular complexity index is 1490. The number of benzene rings is 1. The maximum absolute atomic E-state index is 14.8. The summed E-state index contributed by atoms with van der Waals surface area (Å²) >= 11 is 0. The quantitative estimate of drug-likeness (QED) is 0.438. The van der Waals surface area contributed by atoms with E-state index in [0.717, 1.165) is 13.1 Å². The first-order valence-corrected chi connectivity index (χ1v) is 12.1. The van der Waals surface area contributed by atoms with Crippen LogP contribution in [0, 0.1) is 12.7 Å². The Morgan fingerprint density at radius 3 is 2.78 bits per heavy atom. The lowest BCUT2D eigenvalue weighted by molar-refractivity contribution is 0.102. The first-order chi connectivity index (χ1) is 18.0. The molecule has 0 saturated carbocycles. The Morgan fingerprint density at radius 1 is 1.16 bits per heavy atom. The van der Waals surface area contributed by atoms with E-state index in [1.807, 2.05) is 11.0 Å². The van der Waals surface area contributed by atoms with E-state index in [2.05, 4.69) is 25.8 Å². The molecule has 2 saturated heterocycles. The molecule has 1 aromatic carbocycles. The van der Waals surface area contributed by atoms with Gasteiger partial charge in [0.05, 0.1) is 12.1 Å². The number of rotatable bonds is 4. The standard InChI is InChI=1S/C25H25FN8O3/c1-15-18(26)10-16(11-19(15)29-23(35)20-12-28-21-4-2-3-7-34(20)21)24-30-22(31-37-24)17-13-33(14-17)25(36)32-8-5-27-6-9-32/h2-4,7,10-12,17,27H,5-6,8-9,13-14H2,1H3,(H,29,35). The van der Waals surface area contributed by atoms with Crippen molar-refractivity contribution in [1.29, 1.82) is 0 Å². The van der Waals surface area contributed by atoms with Crippen molar-refractivity contribution in [2.45, 2.75) is 12.8 Å². The number of aromatic nitrogens is 4. The molecule has 0 unspecified atom stereocenters. The van der Waals surface area contributed by atoms with E-state index < -0.39 is 11.7 Å². The second kappa shape index (κ2) is 9.28. The van der Waals surface area contributed by atoms with Crippen molar-refractivity contribution >= 4 is 23.3 Å². The number of imidazole rings is 1. The first kappa shape index (κ1) is 23.1. The molecule has 190 valence electrons. The summed E-state index contributed by atoms with van der Waals surface area (Å²) in [6, 6.07) is 8.35. The number of halogens is 1. The van der Waals surface area contributed by atoms with Crippen LogP contribution in [-0.2, 0) is 0 Å². The largest absolute Gasteiger partial charge is 0.334 e. The van der Waals surface area contributed by atoms with Crippen LogP contribution < -0.4 is 10.6 Å². The van der Waals surface area contributed by atoms with Gasteiger partial charge in [0.25, 0.3) is 11.8 Å². The lowest BCUT2D eigenvalue weighted by atomic mass is 10.00. The fraction of sp³-hybridized carbons (Fsp3) is 0.320. The Kier molecular flexibility index (Phi) is 5.80. The van der Waals surface area contributed by atoms with E-state index in [0.29, 0.717) is 54.6 Å². The topological polar surface area (TPSA) is 121 Å². The summed E-state index contributed by atoms with van der Waals surface area (Å²) in [7, 11) is 0. The molecule has 5 heterocycles. The maximum atomic E-state index is 14.8. The van der Waals surface area contributed by atoms with Crippen LogP contribution in [0.4, 0.5) is 14.9 Å². The van der Waals surface area contributed by atoms with Gasteiger partial charge in [-0.2, -0.15) is 4.98 Å². The molecule has 2 aliphatic rings. The third-order valence-electron chi connectivity index (χ3n) is 6.84. The summed E-state index contributed by atoms with van der Waals surface area (Å²) in [6.07, 6.45) is 3.21. The molecule has 3 aromatic heterocycles. The van der Waals surface area contributed by atoms with Crippen LogP contribution >= 0.6 is 0 Å². The Labute approximate surface area is 211 Å². The summed E-state index contributed by atoms with van der Waals surface area (Å²) in [6.45, 7) is 5.58. The lowest BCUT2D eigenvalue weighted by Gasteiger charge is -2.41. The summed E-state index contributed by atoms with van der Waals surface area (Å²) in [5.74, 6) is -0.368. The molecule has 11 nitrogen and oxygen atoms in total. The summed E-state index contributed by atoms with van der Waals surface area (Å²) in [5.41, 5.74) is 1.88. The molecule has 0 spiro atoms. The Morgan fingerprint density at radius 2 is 1.97 bits per heavy atom. The minimum atomic E-state index is -0.512. The zero-order valence-electron chi connectivity index (χ0n) is 20.1. The van der Waals surface area contributed by atoms with Crippen LogP contribution in [-0.4, -0.2) is 80.5 Å². The average molecular weight is 505 g/mol. The molecule has 12 heteroatoms. The summed E-state index contributed by atoms with van der Waals surface area (Å²) in [5, 5.41) is 10.1. The third kappa shape index (κ3) is 4.29. The number of nitrogens with zero attached hydrogens (tertiary/aromatic N) is 6. The van der Waals surface area contributed by atoms with Crippen molar-refractivity contribution in [1.82, 2.24) is 34.6 Å². The summed E-state index contributed by atoms with van der Waals surface area (Å²) in [4.78, 5) is 37.9. The van der Waals surface area contributed by atoms with Crippen LogP contribution in [0.2, 0.25) is 0 Å². The lowest BCUT2D eigenvalue weighted by Crippen LogP contribution is -2.57. The number of likely N-dealkylation sites (tertiary alicyclic amines) is 1. The van der Waals surface area contributed by atoms with E-state index in [-0.39, 0.29) is 23.4 Å². The van der Waals surface area contributed by atoms with Crippen LogP contribution in [0.1, 0.15) is 27.8 Å². The van der Waals surface area contributed by atoms with Gasteiger partial charge < -0.3 is 25.0 Å². The molecule has 2 fully saturated rings. The number of fused-ring (bicyclic) bond motifs is 1. The first-order valence-electron chi connectivity index (χ1n) is 12.1. The van der Waals surface area contributed by atoms with Gasteiger partial charge in [-0.15, -0.1) is 0 Å². The van der Waals surface area contributed by atoms with Crippen molar-refractivity contribution in [2.75, 3.05) is 44.6 Å². The number of amides is 3. The normalized spacial score (nSPS) is 16.2. The number of pyridine rings is 1. The maximum Gasteiger partial charge on any atom is 0.320 e. The number of hydrogen-bond acceptors (Lipinski definition) is 7. The zero-order chi connectivity index (χ0) is 25.5. The number of carbonyl (C=O) groups is 2. The number of urea groups is 1. The van der Waals surface area contributed by atoms with Gasteiger partial charge >= 0.3 is 6.03 Å². The van der Waals surface area contributed by atoms with Gasteiger partial charge in [-0.05, 0) is 31.2 Å². The molecule has 37 heavy (non-hydrogen) atoms. The van der Waals surface area contributed by atoms with E-state index >= 15 is 0 Å². The van der Waals surface area contributed by atoms with Gasteiger partial charge in [0, 0.05) is 62.3 Å². The predicted octanol–water partition coefficient (Wildman–Crippen LogP) is 2.51. The van der Waals surface area contributed by atoms with Crippen molar-refractivity contribution in [3.8, 4) is 11.5 Å². The van der Waals surface area contributed by atoms with Crippen molar-refractivity contribution in [3.63, 3.8) is 0 Å². The zero-order valence-corrected chi connectivity index (χ0v) is 20.1. The monoisotopic (exact) mass is 504 g/mol. The van der Waals surface area contributed by atoms with Gasteiger partial charge in [0.2, 0.25) is 0 Å². The van der Waals surface area contributed by atoms with E-state index in [4.69, 9.17) is 4.52 Å². The van der Waals surface area contributed by atoms with Crippen molar-refractivity contribution in [2.24, 2.45) is 0 Å². The minimum absolute atomic E-state index is 0.0217. The van der Waals surface area contributed by atoms with Crippen LogP contribution in [0.25, 0.3) is 17.1 Å². The molecular weight excluding hydrogens is 479 g/mol. The van der Waals surface area contributed by atoms with Gasteiger partial charge in [-0.25, -0.2) is 14.2 Å². The SMILES string of the molecule is Cc1c(F)cc(-c2nc(C3CN(C(=O)N4CCNCC4)C3)no2)cc1NC(=O)c1cnc2ccccn12. The van der Waals surface area contributed by atoms with Gasteiger partial charge in [-0.1, -0.05) is 11.2 Å². The van der Waals surface area contributed by atoms with Crippen molar-refractivity contribution < 1.29 is 18.5 Å². The minimum Gasteiger partial charge on any atom is -0.334 e. The average Bonchev–Trinajstić information content (AvgIpc) is 3.54.